The summed E-state index contributed by atoms with van der Waals surface area (Å²) in [6.07, 6.45) is 2.60. The lowest BCUT2D eigenvalue weighted by Gasteiger charge is -2.23. The van der Waals surface area contributed by atoms with Gasteiger partial charge < -0.3 is 4.74 Å². The Morgan fingerprint density at radius 1 is 1.61 bits per heavy atom. The molecule has 6 heteroatoms. The van der Waals surface area contributed by atoms with Crippen LogP contribution >= 0.6 is 22.9 Å². The molecular weight excluding hydrogens is 272 g/mol. The van der Waals surface area contributed by atoms with Gasteiger partial charge in [0.15, 0.2) is 5.13 Å². The number of hydrogen-bond donors (Lipinski definition) is 1. The van der Waals surface area contributed by atoms with Gasteiger partial charge in [-0.2, -0.15) is 0 Å². The number of carbonyl (C=O) groups excluding carboxylic acids is 1. The molecule has 1 aromatic rings. The van der Waals surface area contributed by atoms with Gasteiger partial charge in [-0.1, -0.05) is 24.7 Å². The predicted molar refractivity (Wildman–Crippen MR) is 73.5 cm³/mol. The highest BCUT2D eigenvalue weighted by Gasteiger charge is 2.28. The number of halogens is 1. The Morgan fingerprint density at radius 3 is 3.06 bits per heavy atom. The van der Waals surface area contributed by atoms with E-state index >= 15 is 0 Å². The van der Waals surface area contributed by atoms with Crippen molar-refractivity contribution >= 4 is 34.2 Å². The molecule has 1 amide bonds. The maximum Gasteiger partial charge on any atom is 0.413 e. The number of fused-ring (bicyclic) bond motifs is 1. The van der Waals surface area contributed by atoms with Crippen LogP contribution in [-0.4, -0.2) is 17.7 Å². The second kappa shape index (κ2) is 5.89. The summed E-state index contributed by atoms with van der Waals surface area (Å²) in [5.74, 6) is 0.595. The van der Waals surface area contributed by atoms with Crippen LogP contribution in [-0.2, 0) is 11.2 Å². The molecule has 2 rings (SSSR count). The molecule has 1 aromatic heterocycles. The topological polar surface area (TPSA) is 51.2 Å². The molecule has 0 fully saturated rings. The van der Waals surface area contributed by atoms with Crippen molar-refractivity contribution in [1.82, 2.24) is 4.98 Å². The first-order valence-corrected chi connectivity index (χ1v) is 7.46. The quantitative estimate of drug-likeness (QED) is 0.857. The van der Waals surface area contributed by atoms with Crippen molar-refractivity contribution in [2.24, 2.45) is 5.92 Å². The van der Waals surface area contributed by atoms with Crippen molar-refractivity contribution in [1.29, 1.82) is 0 Å². The SMILES string of the molecule is CCOC(=O)Nc1nc2c(s1)C(Cl)CC(CC)C2. The Bertz CT molecular complexity index is 436. The molecule has 0 radical (unpaired) electrons. The third-order valence-corrected chi connectivity index (χ3v) is 4.75. The van der Waals surface area contributed by atoms with Gasteiger partial charge in [0.25, 0.3) is 0 Å². The fourth-order valence-corrected chi connectivity index (χ4v) is 3.61. The Labute approximate surface area is 116 Å². The summed E-state index contributed by atoms with van der Waals surface area (Å²) in [5.41, 5.74) is 1.03. The molecule has 1 N–H and O–H groups in total. The molecule has 18 heavy (non-hydrogen) atoms. The zero-order valence-electron chi connectivity index (χ0n) is 10.5. The Kier molecular flexibility index (Phi) is 4.45. The molecule has 0 saturated heterocycles. The van der Waals surface area contributed by atoms with Crippen LogP contribution in [0.15, 0.2) is 0 Å². The van der Waals surface area contributed by atoms with Crippen LogP contribution in [0.4, 0.5) is 9.93 Å². The van der Waals surface area contributed by atoms with Crippen LogP contribution in [0, 0.1) is 5.92 Å². The number of anilines is 1. The minimum absolute atomic E-state index is 0.0222. The number of ether oxygens (including phenoxy) is 1. The predicted octanol–water partition coefficient (Wildman–Crippen LogP) is 3.96. The van der Waals surface area contributed by atoms with Gasteiger partial charge >= 0.3 is 6.09 Å². The van der Waals surface area contributed by atoms with E-state index in [1.54, 1.807) is 6.92 Å². The summed E-state index contributed by atoms with van der Waals surface area (Å²) < 4.78 is 4.83. The van der Waals surface area contributed by atoms with Crippen LogP contribution in [0.1, 0.15) is 42.6 Å². The van der Waals surface area contributed by atoms with E-state index in [4.69, 9.17) is 16.3 Å². The van der Waals surface area contributed by atoms with Gasteiger partial charge in [-0.25, -0.2) is 9.78 Å². The number of thiazole rings is 1. The standard InChI is InChI=1S/C12H17ClN2O2S/c1-3-7-5-8(13)10-9(6-7)14-11(18-10)15-12(16)17-4-2/h7-8H,3-6H2,1-2H3,(H,14,15,16). The van der Waals surface area contributed by atoms with Crippen molar-refractivity contribution in [3.05, 3.63) is 10.6 Å². The van der Waals surface area contributed by atoms with E-state index in [2.05, 4.69) is 17.2 Å². The van der Waals surface area contributed by atoms with E-state index in [1.165, 1.54) is 11.3 Å². The third-order valence-electron chi connectivity index (χ3n) is 3.10. The highest BCUT2D eigenvalue weighted by Crippen LogP contribution is 2.42. The lowest BCUT2D eigenvalue weighted by Crippen LogP contribution is -2.14. The lowest BCUT2D eigenvalue weighted by molar-refractivity contribution is 0.168. The molecule has 1 heterocycles. The number of aromatic nitrogens is 1. The summed E-state index contributed by atoms with van der Waals surface area (Å²) in [5, 5.41) is 3.25. The first kappa shape index (κ1) is 13.6. The van der Waals surface area contributed by atoms with Gasteiger partial charge in [0.05, 0.1) is 17.7 Å². The zero-order valence-corrected chi connectivity index (χ0v) is 12.1. The minimum Gasteiger partial charge on any atom is -0.450 e. The maximum absolute atomic E-state index is 11.3. The van der Waals surface area contributed by atoms with Gasteiger partial charge in [-0.05, 0) is 25.7 Å². The molecular formula is C12H17ClN2O2S. The summed E-state index contributed by atoms with van der Waals surface area (Å²) >= 11 is 7.81. The number of nitrogens with one attached hydrogen (secondary N) is 1. The third kappa shape index (κ3) is 2.95. The average molecular weight is 289 g/mol. The van der Waals surface area contributed by atoms with Gasteiger partial charge in [0.1, 0.15) is 0 Å². The number of alkyl halides is 1. The van der Waals surface area contributed by atoms with Gasteiger partial charge in [-0.3, -0.25) is 5.32 Å². The summed E-state index contributed by atoms with van der Waals surface area (Å²) in [6, 6.07) is 0. The zero-order chi connectivity index (χ0) is 13.1. The van der Waals surface area contributed by atoms with E-state index in [9.17, 15) is 4.79 Å². The van der Waals surface area contributed by atoms with Gasteiger partial charge in [-0.15, -0.1) is 11.6 Å². The largest absolute Gasteiger partial charge is 0.450 e. The van der Waals surface area contributed by atoms with Crippen LogP contribution < -0.4 is 5.32 Å². The van der Waals surface area contributed by atoms with Gasteiger partial charge in [0.2, 0.25) is 0 Å². The summed E-state index contributed by atoms with van der Waals surface area (Å²) in [6.45, 7) is 4.30. The van der Waals surface area contributed by atoms with E-state index in [0.717, 1.165) is 29.8 Å². The van der Waals surface area contributed by atoms with Gasteiger partial charge in [0, 0.05) is 4.88 Å². The van der Waals surface area contributed by atoms with Crippen LogP contribution in [0.5, 0.6) is 0 Å². The molecule has 0 spiro atoms. The molecule has 4 nitrogen and oxygen atoms in total. The molecule has 0 bridgehead atoms. The number of hydrogen-bond acceptors (Lipinski definition) is 4. The molecule has 0 saturated carbocycles. The molecule has 2 atom stereocenters. The summed E-state index contributed by atoms with van der Waals surface area (Å²) in [4.78, 5) is 16.9. The number of amides is 1. The fraction of sp³-hybridized carbons (Fsp3) is 0.667. The Balaban J connectivity index is 2.11. The Morgan fingerprint density at radius 2 is 2.39 bits per heavy atom. The first-order chi connectivity index (χ1) is 8.63. The summed E-state index contributed by atoms with van der Waals surface area (Å²) in [7, 11) is 0. The van der Waals surface area contributed by atoms with E-state index in [1.807, 2.05) is 0 Å². The second-order valence-electron chi connectivity index (χ2n) is 4.36. The number of carbonyl (C=O) groups is 1. The van der Waals surface area contributed by atoms with E-state index in [-0.39, 0.29) is 5.38 Å². The van der Waals surface area contributed by atoms with E-state index in [0.29, 0.717) is 17.7 Å². The first-order valence-electron chi connectivity index (χ1n) is 6.21. The van der Waals surface area contributed by atoms with Crippen molar-refractivity contribution in [3.8, 4) is 0 Å². The molecule has 100 valence electrons. The van der Waals surface area contributed by atoms with E-state index < -0.39 is 6.09 Å². The minimum atomic E-state index is -0.457. The average Bonchev–Trinajstić information content (AvgIpc) is 2.72. The van der Waals surface area contributed by atoms with Crippen LogP contribution in [0.3, 0.4) is 0 Å². The van der Waals surface area contributed by atoms with Crippen molar-refractivity contribution in [2.75, 3.05) is 11.9 Å². The molecule has 0 aromatic carbocycles. The molecule has 0 aliphatic heterocycles. The highest BCUT2D eigenvalue weighted by atomic mass is 35.5. The molecule has 1 aliphatic carbocycles. The fourth-order valence-electron chi connectivity index (χ4n) is 2.13. The normalized spacial score (nSPS) is 22.4. The lowest BCUT2D eigenvalue weighted by atomic mass is 9.89. The van der Waals surface area contributed by atoms with Crippen molar-refractivity contribution in [3.63, 3.8) is 0 Å². The second-order valence-corrected chi connectivity index (χ2v) is 5.91. The number of rotatable bonds is 3. The molecule has 1 aliphatic rings. The van der Waals surface area contributed by atoms with Crippen LogP contribution in [0.2, 0.25) is 0 Å². The smallest absolute Gasteiger partial charge is 0.413 e. The maximum atomic E-state index is 11.3. The monoisotopic (exact) mass is 288 g/mol. The van der Waals surface area contributed by atoms with Crippen molar-refractivity contribution in [2.45, 2.75) is 38.5 Å². The highest BCUT2D eigenvalue weighted by molar-refractivity contribution is 7.16. The van der Waals surface area contributed by atoms with Crippen molar-refractivity contribution < 1.29 is 9.53 Å². The Hall–Kier alpha value is -0.810. The van der Waals surface area contributed by atoms with Crippen LogP contribution in [0.25, 0.3) is 0 Å². The number of nitrogens with zero attached hydrogens (tertiary/aromatic N) is 1. The molecule has 2 unspecified atom stereocenters.